The predicted octanol–water partition coefficient (Wildman–Crippen LogP) is 1.80. The minimum absolute atomic E-state index is 0.0928. The van der Waals surface area contributed by atoms with Gasteiger partial charge in [0.15, 0.2) is 5.56 Å². The second-order valence-electron chi connectivity index (χ2n) is 5.19. The van der Waals surface area contributed by atoms with E-state index in [2.05, 4.69) is 30.9 Å². The number of benzene rings is 1. The van der Waals surface area contributed by atoms with Gasteiger partial charge in [0.25, 0.3) is 0 Å². The zero-order valence-electron chi connectivity index (χ0n) is 13.6. The number of aliphatic hydroxyl groups excluding tert-OH is 2. The molecule has 0 spiro atoms. The van der Waals surface area contributed by atoms with Gasteiger partial charge in [0.1, 0.15) is 17.4 Å². The standard InChI is InChI=1S/C15H15BrFN3O6S/c16-8-2-1-7(10(17)3-8)6-26-12-11(14(23)24)13(27-20-12)19-15(25)18-4-9(22)5-21/h1-3,9,21-22H,4-6H2,(H,23,24)(H2,18,19,25). The van der Waals surface area contributed by atoms with Crippen molar-refractivity contribution in [1.29, 1.82) is 0 Å². The molecular formula is C15H15BrFN3O6S. The Kier molecular flexibility index (Phi) is 7.47. The summed E-state index contributed by atoms with van der Waals surface area (Å²) in [6, 6.07) is 3.54. The van der Waals surface area contributed by atoms with Crippen molar-refractivity contribution in [2.75, 3.05) is 18.5 Å². The highest BCUT2D eigenvalue weighted by Crippen LogP contribution is 2.31. The van der Waals surface area contributed by atoms with Gasteiger partial charge in [0, 0.05) is 16.6 Å². The average molecular weight is 464 g/mol. The Balaban J connectivity index is 2.07. The van der Waals surface area contributed by atoms with Crippen LogP contribution >= 0.6 is 27.5 Å². The predicted molar refractivity (Wildman–Crippen MR) is 97.6 cm³/mol. The molecule has 2 amide bonds. The number of nitrogens with one attached hydrogen (secondary N) is 2. The number of urea groups is 1. The van der Waals surface area contributed by atoms with Crippen LogP contribution in [0.15, 0.2) is 22.7 Å². The molecule has 12 heteroatoms. The highest BCUT2D eigenvalue weighted by atomic mass is 79.9. The van der Waals surface area contributed by atoms with Gasteiger partial charge in [-0.3, -0.25) is 5.32 Å². The number of carboxylic acids is 1. The number of aromatic carboxylic acids is 1. The normalized spacial score (nSPS) is 11.7. The van der Waals surface area contributed by atoms with Crippen molar-refractivity contribution >= 4 is 44.5 Å². The molecule has 146 valence electrons. The molecule has 0 radical (unpaired) electrons. The zero-order valence-corrected chi connectivity index (χ0v) is 16.0. The van der Waals surface area contributed by atoms with Gasteiger partial charge in [0.05, 0.1) is 12.7 Å². The number of carboxylic acid groups (broad SMARTS) is 1. The molecule has 1 unspecified atom stereocenters. The summed E-state index contributed by atoms with van der Waals surface area (Å²) in [5.41, 5.74) is -0.178. The van der Waals surface area contributed by atoms with E-state index in [-0.39, 0.29) is 35.2 Å². The van der Waals surface area contributed by atoms with Crippen LogP contribution in [0.25, 0.3) is 0 Å². The topological polar surface area (TPSA) is 141 Å². The molecular weight excluding hydrogens is 449 g/mol. The van der Waals surface area contributed by atoms with Crippen LogP contribution in [0.3, 0.4) is 0 Å². The van der Waals surface area contributed by atoms with Crippen LogP contribution in [0.4, 0.5) is 14.2 Å². The molecule has 1 aromatic heterocycles. The third-order valence-corrected chi connectivity index (χ3v) is 4.43. The molecule has 2 rings (SSSR count). The quantitative estimate of drug-likeness (QED) is 0.401. The van der Waals surface area contributed by atoms with Gasteiger partial charge in [-0.2, -0.15) is 4.37 Å². The summed E-state index contributed by atoms with van der Waals surface area (Å²) in [4.78, 5) is 23.2. The molecule has 0 aliphatic heterocycles. The van der Waals surface area contributed by atoms with Gasteiger partial charge < -0.3 is 25.4 Å². The van der Waals surface area contributed by atoms with Crippen molar-refractivity contribution in [3.63, 3.8) is 0 Å². The minimum atomic E-state index is -1.39. The van der Waals surface area contributed by atoms with Gasteiger partial charge in [-0.15, -0.1) is 0 Å². The van der Waals surface area contributed by atoms with Gasteiger partial charge in [-0.1, -0.05) is 22.0 Å². The third kappa shape index (κ3) is 5.85. The summed E-state index contributed by atoms with van der Waals surface area (Å²) in [5.74, 6) is -2.18. The highest BCUT2D eigenvalue weighted by Gasteiger charge is 2.24. The number of carbonyl (C=O) groups excluding carboxylic acids is 1. The van der Waals surface area contributed by atoms with Gasteiger partial charge in [0.2, 0.25) is 5.88 Å². The van der Waals surface area contributed by atoms with Gasteiger partial charge in [-0.05, 0) is 23.7 Å². The lowest BCUT2D eigenvalue weighted by molar-refractivity contribution is 0.0693. The monoisotopic (exact) mass is 463 g/mol. The molecule has 1 atom stereocenters. The molecule has 0 saturated heterocycles. The number of hydrogen-bond donors (Lipinski definition) is 5. The number of nitrogens with zero attached hydrogens (tertiary/aromatic N) is 1. The maximum Gasteiger partial charge on any atom is 0.344 e. The average Bonchev–Trinajstić information content (AvgIpc) is 3.01. The number of rotatable bonds is 8. The van der Waals surface area contributed by atoms with Crippen LogP contribution in [0.5, 0.6) is 5.88 Å². The SMILES string of the molecule is O=C(NCC(O)CO)Nc1snc(OCc2ccc(Br)cc2F)c1C(=O)O. The lowest BCUT2D eigenvalue weighted by Gasteiger charge is -2.10. The Morgan fingerprint density at radius 1 is 1.41 bits per heavy atom. The maximum absolute atomic E-state index is 13.8. The first-order valence-electron chi connectivity index (χ1n) is 7.45. The molecule has 5 N–H and O–H groups in total. The number of anilines is 1. The van der Waals surface area contributed by atoms with Gasteiger partial charge in [-0.25, -0.2) is 14.0 Å². The summed E-state index contributed by atoms with van der Waals surface area (Å²) in [6.45, 7) is -1.01. The number of aromatic nitrogens is 1. The maximum atomic E-state index is 13.8. The summed E-state index contributed by atoms with van der Waals surface area (Å²) < 4.78 is 23.5. The Morgan fingerprint density at radius 2 is 2.15 bits per heavy atom. The molecule has 0 saturated carbocycles. The van der Waals surface area contributed by atoms with E-state index < -0.39 is 30.5 Å². The van der Waals surface area contributed by atoms with Gasteiger partial charge >= 0.3 is 12.0 Å². The molecule has 0 bridgehead atoms. The summed E-state index contributed by atoms with van der Waals surface area (Å²) in [5, 5.41) is 31.7. The number of hydrogen-bond acceptors (Lipinski definition) is 7. The van der Waals surface area contributed by atoms with E-state index >= 15 is 0 Å². The first-order chi connectivity index (χ1) is 12.8. The van der Waals surface area contributed by atoms with Crippen molar-refractivity contribution in [2.24, 2.45) is 0 Å². The van der Waals surface area contributed by atoms with Crippen molar-refractivity contribution < 1.29 is 34.0 Å². The number of carbonyl (C=O) groups is 2. The second-order valence-corrected chi connectivity index (χ2v) is 6.88. The van der Waals surface area contributed by atoms with E-state index in [9.17, 15) is 24.2 Å². The van der Waals surface area contributed by atoms with Crippen molar-refractivity contribution in [3.8, 4) is 5.88 Å². The third-order valence-electron chi connectivity index (χ3n) is 3.19. The summed E-state index contributed by atoms with van der Waals surface area (Å²) >= 11 is 3.80. The minimum Gasteiger partial charge on any atom is -0.477 e. The molecule has 27 heavy (non-hydrogen) atoms. The fourth-order valence-corrected chi connectivity index (χ4v) is 2.91. The largest absolute Gasteiger partial charge is 0.477 e. The summed E-state index contributed by atoms with van der Waals surface area (Å²) in [7, 11) is 0. The molecule has 0 aliphatic carbocycles. The lowest BCUT2D eigenvalue weighted by atomic mass is 10.2. The van der Waals surface area contributed by atoms with Crippen LogP contribution in [-0.4, -0.2) is 50.9 Å². The summed E-state index contributed by atoms with van der Waals surface area (Å²) in [6.07, 6.45) is -1.14. The number of ether oxygens (including phenoxy) is 1. The van der Waals surface area contributed by atoms with Crippen molar-refractivity contribution in [1.82, 2.24) is 9.69 Å². The first kappa shape index (κ1) is 21.0. The van der Waals surface area contributed by atoms with Crippen LogP contribution < -0.4 is 15.4 Å². The van der Waals surface area contributed by atoms with Crippen LogP contribution in [-0.2, 0) is 6.61 Å². The van der Waals surface area contributed by atoms with E-state index in [1.54, 1.807) is 6.07 Å². The molecule has 9 nitrogen and oxygen atoms in total. The van der Waals surface area contributed by atoms with Crippen LogP contribution in [0.1, 0.15) is 15.9 Å². The Hall–Kier alpha value is -2.28. The second kappa shape index (κ2) is 9.60. The van der Waals surface area contributed by atoms with E-state index in [1.807, 2.05) is 0 Å². The number of halogens is 2. The Bertz CT molecular complexity index is 834. The smallest absolute Gasteiger partial charge is 0.344 e. The van der Waals surface area contributed by atoms with Crippen molar-refractivity contribution in [2.45, 2.75) is 12.7 Å². The molecule has 1 aromatic carbocycles. The molecule has 0 aliphatic rings. The van der Waals surface area contributed by atoms with E-state index in [4.69, 9.17) is 9.84 Å². The lowest BCUT2D eigenvalue weighted by Crippen LogP contribution is -2.36. The first-order valence-corrected chi connectivity index (χ1v) is 9.02. The van der Waals surface area contributed by atoms with Crippen molar-refractivity contribution in [3.05, 3.63) is 39.6 Å². The highest BCUT2D eigenvalue weighted by molar-refractivity contribution is 9.10. The zero-order chi connectivity index (χ0) is 20.0. The Labute approximate surface area is 165 Å². The number of aliphatic hydroxyl groups is 2. The van der Waals surface area contributed by atoms with Crippen LogP contribution in [0, 0.1) is 5.82 Å². The van der Waals surface area contributed by atoms with E-state index in [0.29, 0.717) is 16.0 Å². The fraction of sp³-hybridized carbons (Fsp3) is 0.267. The van der Waals surface area contributed by atoms with E-state index in [1.165, 1.54) is 12.1 Å². The fourth-order valence-electron chi connectivity index (χ4n) is 1.86. The van der Waals surface area contributed by atoms with E-state index in [0.717, 1.165) is 0 Å². The number of amides is 2. The molecule has 1 heterocycles. The Morgan fingerprint density at radius 3 is 2.78 bits per heavy atom. The van der Waals surface area contributed by atoms with Crippen LogP contribution in [0.2, 0.25) is 0 Å². The molecule has 2 aromatic rings. The molecule has 0 fully saturated rings.